The van der Waals surface area contributed by atoms with Gasteiger partial charge in [-0.25, -0.2) is 0 Å². The average Bonchev–Trinajstić information content (AvgIpc) is 2.52. The first-order valence-electron chi connectivity index (χ1n) is 8.14. The maximum absolute atomic E-state index is 12.1. The predicted molar refractivity (Wildman–Crippen MR) is 91.0 cm³/mol. The molecule has 0 aromatic carbocycles. The lowest BCUT2D eigenvalue weighted by molar-refractivity contribution is -0.140. The summed E-state index contributed by atoms with van der Waals surface area (Å²) in [7, 11) is 0. The van der Waals surface area contributed by atoms with E-state index in [9.17, 15) is 9.59 Å². The summed E-state index contributed by atoms with van der Waals surface area (Å²) >= 11 is 1.81. The van der Waals surface area contributed by atoms with Crippen molar-refractivity contribution in [2.75, 3.05) is 32.5 Å². The molecule has 1 atom stereocenters. The molecule has 1 aliphatic heterocycles. The van der Waals surface area contributed by atoms with E-state index in [1.165, 1.54) is 0 Å². The second-order valence-corrected chi connectivity index (χ2v) is 7.42. The molecule has 1 rings (SSSR count). The molecule has 0 aromatic rings. The Morgan fingerprint density at radius 2 is 1.91 bits per heavy atom. The summed E-state index contributed by atoms with van der Waals surface area (Å²) in [5, 5.41) is 3.59. The van der Waals surface area contributed by atoms with E-state index in [1.54, 1.807) is 0 Å². The molecule has 1 unspecified atom stereocenters. The van der Waals surface area contributed by atoms with Crippen LogP contribution in [0.15, 0.2) is 0 Å². The minimum atomic E-state index is 0.0290. The Morgan fingerprint density at radius 3 is 2.45 bits per heavy atom. The number of piperidine rings is 1. The van der Waals surface area contributed by atoms with E-state index in [1.807, 2.05) is 30.5 Å². The zero-order valence-corrected chi connectivity index (χ0v) is 15.1. The molecule has 2 amide bonds. The molecular weight excluding hydrogens is 300 g/mol. The number of rotatable bonds is 8. The number of carbonyl (C=O) groups is 2. The van der Waals surface area contributed by atoms with Gasteiger partial charge in [-0.05, 0) is 39.4 Å². The summed E-state index contributed by atoms with van der Waals surface area (Å²) in [6, 6.07) is 0. The lowest BCUT2D eigenvalue weighted by atomic mass is 9.96. The third-order valence-corrected chi connectivity index (χ3v) is 5.05. The number of carbonyl (C=O) groups excluding carboxylic acids is 2. The van der Waals surface area contributed by atoms with Gasteiger partial charge < -0.3 is 15.0 Å². The highest BCUT2D eigenvalue weighted by Crippen LogP contribution is 2.18. The van der Waals surface area contributed by atoms with Crippen molar-refractivity contribution < 1.29 is 14.3 Å². The van der Waals surface area contributed by atoms with Crippen LogP contribution in [-0.2, 0) is 14.3 Å². The molecule has 22 heavy (non-hydrogen) atoms. The molecular formula is C16H30N2O3S. The molecule has 0 spiro atoms. The van der Waals surface area contributed by atoms with Crippen LogP contribution in [0.1, 0.15) is 40.0 Å². The van der Waals surface area contributed by atoms with Gasteiger partial charge in [-0.15, -0.1) is 0 Å². The van der Waals surface area contributed by atoms with Gasteiger partial charge in [0.25, 0.3) is 0 Å². The molecule has 0 saturated carbocycles. The highest BCUT2D eigenvalue weighted by atomic mass is 32.2. The minimum Gasteiger partial charge on any atom is -0.369 e. The highest BCUT2D eigenvalue weighted by Gasteiger charge is 2.27. The van der Waals surface area contributed by atoms with E-state index >= 15 is 0 Å². The third kappa shape index (κ3) is 7.01. The Hall–Kier alpha value is -0.750. The number of thioether (sulfide) groups is 1. The first-order valence-corrected chi connectivity index (χ1v) is 9.42. The smallest absolute Gasteiger partial charge is 0.248 e. The van der Waals surface area contributed by atoms with Crippen molar-refractivity contribution in [3.05, 3.63) is 0 Å². The van der Waals surface area contributed by atoms with Crippen molar-refractivity contribution in [1.29, 1.82) is 0 Å². The third-order valence-electron chi connectivity index (χ3n) is 4.01. The molecule has 1 heterocycles. The van der Waals surface area contributed by atoms with Gasteiger partial charge in [0.05, 0.1) is 6.10 Å². The molecule has 0 aromatic heterocycles. The Morgan fingerprint density at radius 1 is 1.27 bits per heavy atom. The van der Waals surface area contributed by atoms with E-state index in [4.69, 9.17) is 4.74 Å². The molecule has 128 valence electrons. The van der Waals surface area contributed by atoms with E-state index in [-0.39, 0.29) is 30.4 Å². The van der Waals surface area contributed by atoms with E-state index in [0.29, 0.717) is 18.3 Å². The molecule has 1 fully saturated rings. The van der Waals surface area contributed by atoms with Crippen molar-refractivity contribution in [2.24, 2.45) is 5.92 Å². The van der Waals surface area contributed by atoms with Crippen LogP contribution >= 0.6 is 11.8 Å². The van der Waals surface area contributed by atoms with Crippen molar-refractivity contribution in [3.8, 4) is 0 Å². The summed E-state index contributed by atoms with van der Waals surface area (Å²) in [6.45, 7) is 8.19. The summed E-state index contributed by atoms with van der Waals surface area (Å²) in [6.07, 6.45) is 4.64. The maximum Gasteiger partial charge on any atom is 0.248 e. The fraction of sp³-hybridized carbons (Fsp3) is 0.875. The van der Waals surface area contributed by atoms with Gasteiger partial charge in [-0.1, -0.05) is 6.92 Å². The fourth-order valence-corrected chi connectivity index (χ4v) is 2.73. The van der Waals surface area contributed by atoms with Gasteiger partial charge in [-0.3, -0.25) is 9.59 Å². The summed E-state index contributed by atoms with van der Waals surface area (Å²) < 4.78 is 5.34. The summed E-state index contributed by atoms with van der Waals surface area (Å²) in [4.78, 5) is 25.9. The highest BCUT2D eigenvalue weighted by molar-refractivity contribution is 7.99. The number of nitrogens with one attached hydrogen (secondary N) is 1. The van der Waals surface area contributed by atoms with Crippen LogP contribution in [0.25, 0.3) is 0 Å². The summed E-state index contributed by atoms with van der Waals surface area (Å²) in [5.74, 6) is 0.208. The Kier molecular flexibility index (Phi) is 8.86. The first kappa shape index (κ1) is 19.3. The standard InChI is InChI=1S/C16H30N2O3S/c1-12(2)21-11-15(19)18-9-6-14(7-10-18)16(20)17-8-5-13(3)22-4/h12-14H,5-11H2,1-4H3,(H,17,20). The molecule has 1 aliphatic rings. The van der Waals surface area contributed by atoms with Crippen molar-refractivity contribution in [1.82, 2.24) is 10.2 Å². The number of ether oxygens (including phenoxy) is 1. The molecule has 1 saturated heterocycles. The predicted octanol–water partition coefficient (Wildman–Crippen LogP) is 1.91. The minimum absolute atomic E-state index is 0.0290. The molecule has 6 heteroatoms. The van der Waals surface area contributed by atoms with Crippen LogP contribution in [0.4, 0.5) is 0 Å². The van der Waals surface area contributed by atoms with Gasteiger partial charge in [0.1, 0.15) is 6.61 Å². The van der Waals surface area contributed by atoms with Crippen LogP contribution < -0.4 is 5.32 Å². The molecule has 0 aliphatic carbocycles. The molecule has 0 radical (unpaired) electrons. The van der Waals surface area contributed by atoms with Crippen LogP contribution in [0.2, 0.25) is 0 Å². The Balaban J connectivity index is 2.23. The van der Waals surface area contributed by atoms with Crippen LogP contribution in [0.5, 0.6) is 0 Å². The first-order chi connectivity index (χ1) is 10.4. The number of likely N-dealkylation sites (tertiary alicyclic amines) is 1. The van der Waals surface area contributed by atoms with E-state index < -0.39 is 0 Å². The topological polar surface area (TPSA) is 58.6 Å². The number of hydrogen-bond acceptors (Lipinski definition) is 4. The largest absolute Gasteiger partial charge is 0.369 e. The Labute approximate surface area is 138 Å². The molecule has 0 bridgehead atoms. The van der Waals surface area contributed by atoms with Crippen LogP contribution in [0, 0.1) is 5.92 Å². The number of amides is 2. The van der Waals surface area contributed by atoms with Gasteiger partial charge >= 0.3 is 0 Å². The van der Waals surface area contributed by atoms with Crippen LogP contribution in [0.3, 0.4) is 0 Å². The molecule has 5 nitrogen and oxygen atoms in total. The van der Waals surface area contributed by atoms with E-state index in [2.05, 4.69) is 18.5 Å². The zero-order chi connectivity index (χ0) is 16.5. The van der Waals surface area contributed by atoms with E-state index in [0.717, 1.165) is 25.8 Å². The molecule has 1 N–H and O–H groups in total. The lowest BCUT2D eigenvalue weighted by Gasteiger charge is -2.31. The summed E-state index contributed by atoms with van der Waals surface area (Å²) in [5.41, 5.74) is 0. The normalized spacial score (nSPS) is 17.6. The average molecular weight is 330 g/mol. The van der Waals surface area contributed by atoms with Crippen molar-refractivity contribution in [3.63, 3.8) is 0 Å². The van der Waals surface area contributed by atoms with Crippen molar-refractivity contribution >= 4 is 23.6 Å². The van der Waals surface area contributed by atoms with Crippen molar-refractivity contribution in [2.45, 2.75) is 51.4 Å². The number of nitrogens with zero attached hydrogens (tertiary/aromatic N) is 1. The lowest BCUT2D eigenvalue weighted by Crippen LogP contribution is -2.44. The van der Waals surface area contributed by atoms with Gasteiger partial charge in [0.2, 0.25) is 11.8 Å². The zero-order valence-electron chi connectivity index (χ0n) is 14.3. The maximum atomic E-state index is 12.1. The monoisotopic (exact) mass is 330 g/mol. The SMILES string of the molecule is CSC(C)CCNC(=O)C1CCN(C(=O)COC(C)C)CC1. The fourth-order valence-electron chi connectivity index (χ4n) is 2.38. The second kappa shape index (κ2) is 10.1. The van der Waals surface area contributed by atoms with Gasteiger partial charge in [0.15, 0.2) is 0 Å². The Bertz CT molecular complexity index is 355. The second-order valence-electron chi connectivity index (χ2n) is 6.14. The number of hydrogen-bond donors (Lipinski definition) is 1. The van der Waals surface area contributed by atoms with Gasteiger partial charge in [0, 0.05) is 30.8 Å². The quantitative estimate of drug-likeness (QED) is 0.738. The van der Waals surface area contributed by atoms with Gasteiger partial charge in [-0.2, -0.15) is 11.8 Å². The van der Waals surface area contributed by atoms with Crippen LogP contribution in [-0.4, -0.2) is 60.6 Å².